The maximum absolute atomic E-state index is 11.1. The van der Waals surface area contributed by atoms with Crippen molar-refractivity contribution in [2.75, 3.05) is 0 Å². The number of carboxylic acids is 1. The Kier molecular flexibility index (Phi) is 4.33. The molecule has 2 aromatic rings. The van der Waals surface area contributed by atoms with Crippen LogP contribution in [0.1, 0.15) is 22.8 Å². The molecule has 5 nitrogen and oxygen atoms in total. The fraction of sp³-hybridized carbons (Fsp3) is 0.188. The van der Waals surface area contributed by atoms with Crippen LogP contribution in [0.15, 0.2) is 42.5 Å². The van der Waals surface area contributed by atoms with Crippen LogP contribution in [0.3, 0.4) is 0 Å². The summed E-state index contributed by atoms with van der Waals surface area (Å²) in [6, 6.07) is 12.2. The smallest absolute Gasteiger partial charge is 0.339 e. The summed E-state index contributed by atoms with van der Waals surface area (Å²) in [7, 11) is 0. The van der Waals surface area contributed by atoms with E-state index in [-0.39, 0.29) is 11.3 Å². The minimum atomic E-state index is -1.20. The van der Waals surface area contributed by atoms with Crippen LogP contribution < -0.4 is 9.47 Å². The Bertz CT molecular complexity index is 637. The fourth-order valence-corrected chi connectivity index (χ4v) is 1.93. The molecule has 0 spiro atoms. The van der Waals surface area contributed by atoms with E-state index >= 15 is 0 Å². The summed E-state index contributed by atoms with van der Waals surface area (Å²) in [5.41, 5.74) is 0.295. The van der Waals surface area contributed by atoms with Crippen molar-refractivity contribution in [2.24, 2.45) is 0 Å². The van der Waals surface area contributed by atoms with E-state index in [2.05, 4.69) is 0 Å². The van der Waals surface area contributed by atoms with Crippen LogP contribution >= 0.6 is 0 Å². The molecule has 0 amide bonds. The quantitative estimate of drug-likeness (QED) is 0.826. The third kappa shape index (κ3) is 3.45. The van der Waals surface area contributed by atoms with E-state index in [1.54, 1.807) is 32.0 Å². The Labute approximate surface area is 122 Å². The number of carboxylic acid groups (broad SMARTS) is 1. The topological polar surface area (TPSA) is 76.0 Å². The number of hydrogen-bond acceptors (Lipinski definition) is 4. The highest BCUT2D eigenvalue weighted by molar-refractivity contribution is 5.93. The number of aryl methyl sites for hydroxylation is 1. The Morgan fingerprint density at radius 1 is 1.10 bits per heavy atom. The van der Waals surface area contributed by atoms with Crippen molar-refractivity contribution in [3.63, 3.8) is 0 Å². The monoisotopic (exact) mass is 288 g/mol. The summed E-state index contributed by atoms with van der Waals surface area (Å²) in [4.78, 5) is 11.1. The summed E-state index contributed by atoms with van der Waals surface area (Å²) in [5, 5.41) is 19.1. The first-order valence-electron chi connectivity index (χ1n) is 6.43. The molecule has 2 rings (SSSR count). The van der Waals surface area contributed by atoms with E-state index in [0.29, 0.717) is 11.3 Å². The molecule has 0 aliphatic carbocycles. The second-order valence-corrected chi connectivity index (χ2v) is 4.53. The third-order valence-corrected chi connectivity index (χ3v) is 2.90. The Morgan fingerprint density at radius 3 is 2.38 bits per heavy atom. The lowest BCUT2D eigenvalue weighted by Crippen LogP contribution is -2.20. The summed E-state index contributed by atoms with van der Waals surface area (Å²) in [6.07, 6.45) is -0.678. The first-order chi connectivity index (χ1) is 9.99. The van der Waals surface area contributed by atoms with Crippen LogP contribution in [-0.4, -0.2) is 22.5 Å². The molecule has 0 aliphatic rings. The molecule has 21 heavy (non-hydrogen) atoms. The van der Waals surface area contributed by atoms with Gasteiger partial charge in [0.25, 0.3) is 0 Å². The number of ether oxygens (including phenoxy) is 2. The number of aromatic hydroxyl groups is 1. The van der Waals surface area contributed by atoms with Crippen LogP contribution in [0.5, 0.6) is 17.2 Å². The first-order valence-corrected chi connectivity index (χ1v) is 6.43. The molecular weight excluding hydrogens is 272 g/mol. The van der Waals surface area contributed by atoms with E-state index in [4.69, 9.17) is 14.6 Å². The lowest BCUT2D eigenvalue weighted by molar-refractivity contribution is 0.0200. The molecule has 0 radical (unpaired) electrons. The first kappa shape index (κ1) is 14.7. The maximum atomic E-state index is 11.1. The van der Waals surface area contributed by atoms with Gasteiger partial charge in [0.1, 0.15) is 11.3 Å². The minimum absolute atomic E-state index is 0.0708. The normalized spacial score (nSPS) is 11.7. The standard InChI is InChI=1S/C16H16O5/c1-10-8-9-13(15(17)14(10)16(18)19)21-11(2)20-12-6-4-3-5-7-12/h3-9,11,17H,1-2H3,(H,18,19). The van der Waals surface area contributed by atoms with Crippen molar-refractivity contribution in [3.05, 3.63) is 53.6 Å². The number of carbonyl (C=O) groups is 1. The Balaban J connectivity index is 2.16. The van der Waals surface area contributed by atoms with E-state index < -0.39 is 18.0 Å². The number of benzene rings is 2. The van der Waals surface area contributed by atoms with Crippen molar-refractivity contribution in [3.8, 4) is 17.2 Å². The zero-order valence-electron chi connectivity index (χ0n) is 11.7. The average molecular weight is 288 g/mol. The predicted molar refractivity (Wildman–Crippen MR) is 77.0 cm³/mol. The van der Waals surface area contributed by atoms with Gasteiger partial charge in [0.2, 0.25) is 6.29 Å². The number of aromatic carboxylic acids is 1. The zero-order chi connectivity index (χ0) is 15.4. The highest BCUT2D eigenvalue weighted by Gasteiger charge is 2.19. The van der Waals surface area contributed by atoms with Crippen molar-refractivity contribution >= 4 is 5.97 Å². The molecule has 0 heterocycles. The van der Waals surface area contributed by atoms with Crippen molar-refractivity contribution in [2.45, 2.75) is 20.1 Å². The highest BCUT2D eigenvalue weighted by atomic mass is 16.7. The number of phenols is 1. The van der Waals surface area contributed by atoms with Gasteiger partial charge in [-0.25, -0.2) is 4.79 Å². The van der Waals surface area contributed by atoms with Gasteiger partial charge in [-0.05, 0) is 30.7 Å². The number of para-hydroxylation sites is 1. The Hall–Kier alpha value is -2.69. The van der Waals surface area contributed by atoms with Gasteiger partial charge in [-0.2, -0.15) is 0 Å². The molecule has 0 aliphatic heterocycles. The fourth-order valence-electron chi connectivity index (χ4n) is 1.93. The molecule has 5 heteroatoms. The second-order valence-electron chi connectivity index (χ2n) is 4.53. The molecule has 1 atom stereocenters. The molecule has 0 saturated heterocycles. The molecule has 2 N–H and O–H groups in total. The lowest BCUT2D eigenvalue weighted by atomic mass is 10.1. The molecule has 1 unspecified atom stereocenters. The van der Waals surface area contributed by atoms with E-state index in [9.17, 15) is 9.90 Å². The predicted octanol–water partition coefficient (Wildman–Crippen LogP) is 3.20. The largest absolute Gasteiger partial charge is 0.504 e. The molecular formula is C16H16O5. The molecule has 0 saturated carbocycles. The van der Waals surface area contributed by atoms with Crippen LogP contribution in [-0.2, 0) is 0 Å². The van der Waals surface area contributed by atoms with Crippen LogP contribution in [0, 0.1) is 6.92 Å². The summed E-state index contributed by atoms with van der Waals surface area (Å²) in [6.45, 7) is 3.27. The van der Waals surface area contributed by atoms with Gasteiger partial charge in [-0.15, -0.1) is 0 Å². The van der Waals surface area contributed by atoms with Gasteiger partial charge in [-0.1, -0.05) is 24.3 Å². The van der Waals surface area contributed by atoms with Gasteiger partial charge in [-0.3, -0.25) is 0 Å². The summed E-state index contributed by atoms with van der Waals surface area (Å²) >= 11 is 0. The molecule has 0 fully saturated rings. The van der Waals surface area contributed by atoms with Gasteiger partial charge in [0, 0.05) is 6.92 Å². The number of hydrogen-bond donors (Lipinski definition) is 2. The van der Waals surface area contributed by atoms with Gasteiger partial charge in [0.15, 0.2) is 11.5 Å². The van der Waals surface area contributed by atoms with Crippen LogP contribution in [0.25, 0.3) is 0 Å². The van der Waals surface area contributed by atoms with Crippen molar-refractivity contribution < 1.29 is 24.5 Å². The average Bonchev–Trinajstić information content (AvgIpc) is 2.43. The highest BCUT2D eigenvalue weighted by Crippen LogP contribution is 2.33. The van der Waals surface area contributed by atoms with Gasteiger partial charge < -0.3 is 19.7 Å². The molecule has 2 aromatic carbocycles. The van der Waals surface area contributed by atoms with Crippen molar-refractivity contribution in [1.82, 2.24) is 0 Å². The molecule has 0 bridgehead atoms. The summed E-state index contributed by atoms with van der Waals surface area (Å²) < 4.78 is 11.0. The van der Waals surface area contributed by atoms with E-state index in [1.165, 1.54) is 6.07 Å². The van der Waals surface area contributed by atoms with Crippen LogP contribution in [0.2, 0.25) is 0 Å². The minimum Gasteiger partial charge on any atom is -0.504 e. The van der Waals surface area contributed by atoms with Gasteiger partial charge in [0.05, 0.1) is 0 Å². The van der Waals surface area contributed by atoms with E-state index in [1.807, 2.05) is 18.2 Å². The Morgan fingerprint density at radius 2 is 1.76 bits per heavy atom. The van der Waals surface area contributed by atoms with Crippen LogP contribution in [0.4, 0.5) is 0 Å². The summed E-state index contributed by atoms with van der Waals surface area (Å²) in [5.74, 6) is -0.908. The van der Waals surface area contributed by atoms with E-state index in [0.717, 1.165) is 0 Å². The van der Waals surface area contributed by atoms with Crippen molar-refractivity contribution in [1.29, 1.82) is 0 Å². The second kappa shape index (κ2) is 6.17. The number of rotatable bonds is 5. The van der Waals surface area contributed by atoms with Gasteiger partial charge >= 0.3 is 5.97 Å². The SMILES string of the molecule is Cc1ccc(OC(C)Oc2ccccc2)c(O)c1C(=O)O. The third-order valence-electron chi connectivity index (χ3n) is 2.90. The molecule has 110 valence electrons. The maximum Gasteiger partial charge on any atom is 0.339 e. The lowest BCUT2D eigenvalue weighted by Gasteiger charge is -2.18. The molecule has 0 aromatic heterocycles. The zero-order valence-corrected chi connectivity index (χ0v) is 11.7.